The standard InChI is InChI=1S/C12H18N2O2/c1-3-14-12(15)8-16-11-6-4-10(5-7-11)9(2)13/h4-7,9H,3,8,13H2,1-2H3,(H,14,15). The predicted molar refractivity (Wildman–Crippen MR) is 63.2 cm³/mol. The van der Waals surface area contributed by atoms with E-state index in [2.05, 4.69) is 5.32 Å². The summed E-state index contributed by atoms with van der Waals surface area (Å²) in [5, 5.41) is 2.66. The third kappa shape index (κ3) is 3.90. The quantitative estimate of drug-likeness (QED) is 0.787. The lowest BCUT2D eigenvalue weighted by Crippen LogP contribution is -2.28. The molecule has 3 N–H and O–H groups in total. The van der Waals surface area contributed by atoms with Gasteiger partial charge in [0.05, 0.1) is 0 Å². The number of carbonyl (C=O) groups is 1. The van der Waals surface area contributed by atoms with Crippen LogP contribution in [0.15, 0.2) is 24.3 Å². The molecule has 0 saturated heterocycles. The number of nitrogens with two attached hydrogens (primary N) is 1. The molecule has 0 aliphatic rings. The van der Waals surface area contributed by atoms with Crippen LogP contribution in [0.3, 0.4) is 0 Å². The molecule has 1 amide bonds. The maximum absolute atomic E-state index is 11.1. The van der Waals surface area contributed by atoms with Gasteiger partial charge in [-0.3, -0.25) is 4.79 Å². The average molecular weight is 222 g/mol. The predicted octanol–water partition coefficient (Wildman–Crippen LogP) is 1.22. The van der Waals surface area contributed by atoms with Gasteiger partial charge in [0.15, 0.2) is 6.61 Å². The second-order valence-corrected chi connectivity index (χ2v) is 3.60. The van der Waals surface area contributed by atoms with Gasteiger partial charge in [-0.05, 0) is 31.5 Å². The van der Waals surface area contributed by atoms with Gasteiger partial charge in [0.2, 0.25) is 0 Å². The SMILES string of the molecule is CCNC(=O)COc1ccc(C(C)N)cc1. The molecule has 16 heavy (non-hydrogen) atoms. The Bertz CT molecular complexity index is 333. The van der Waals surface area contributed by atoms with Gasteiger partial charge in [-0.25, -0.2) is 0 Å². The van der Waals surface area contributed by atoms with Gasteiger partial charge in [0.25, 0.3) is 5.91 Å². The van der Waals surface area contributed by atoms with Crippen molar-refractivity contribution in [3.63, 3.8) is 0 Å². The first kappa shape index (κ1) is 12.5. The largest absolute Gasteiger partial charge is 0.484 e. The Morgan fingerprint density at radius 3 is 2.56 bits per heavy atom. The van der Waals surface area contributed by atoms with Crippen LogP contribution in [0.4, 0.5) is 0 Å². The van der Waals surface area contributed by atoms with Gasteiger partial charge < -0.3 is 15.8 Å². The minimum Gasteiger partial charge on any atom is -0.484 e. The summed E-state index contributed by atoms with van der Waals surface area (Å²) in [7, 11) is 0. The summed E-state index contributed by atoms with van der Waals surface area (Å²) in [6.45, 7) is 4.46. The van der Waals surface area contributed by atoms with Crippen molar-refractivity contribution in [3.05, 3.63) is 29.8 Å². The smallest absolute Gasteiger partial charge is 0.257 e. The minimum atomic E-state index is -0.112. The van der Waals surface area contributed by atoms with E-state index in [0.717, 1.165) is 5.56 Å². The topological polar surface area (TPSA) is 64.3 Å². The molecule has 0 aliphatic carbocycles. The summed E-state index contributed by atoms with van der Waals surface area (Å²) in [4.78, 5) is 11.1. The van der Waals surface area contributed by atoms with Gasteiger partial charge in [-0.1, -0.05) is 12.1 Å². The van der Waals surface area contributed by atoms with Crippen molar-refractivity contribution in [2.45, 2.75) is 19.9 Å². The van der Waals surface area contributed by atoms with Crippen molar-refractivity contribution in [1.29, 1.82) is 0 Å². The molecule has 0 fully saturated rings. The molecule has 1 unspecified atom stereocenters. The van der Waals surface area contributed by atoms with E-state index in [1.807, 2.05) is 38.1 Å². The number of amides is 1. The number of hydrogen-bond acceptors (Lipinski definition) is 3. The van der Waals surface area contributed by atoms with Crippen molar-refractivity contribution in [2.24, 2.45) is 5.73 Å². The molecule has 0 radical (unpaired) electrons. The summed E-state index contributed by atoms with van der Waals surface area (Å²) in [5.41, 5.74) is 6.77. The Kier molecular flexibility index (Phi) is 4.79. The molecule has 0 heterocycles. The van der Waals surface area contributed by atoms with Crippen molar-refractivity contribution < 1.29 is 9.53 Å². The van der Waals surface area contributed by atoms with Crippen LogP contribution in [0.2, 0.25) is 0 Å². The van der Waals surface area contributed by atoms with E-state index in [9.17, 15) is 4.79 Å². The Morgan fingerprint density at radius 1 is 1.44 bits per heavy atom. The van der Waals surface area contributed by atoms with Gasteiger partial charge in [-0.2, -0.15) is 0 Å². The lowest BCUT2D eigenvalue weighted by molar-refractivity contribution is -0.122. The molecule has 0 bridgehead atoms. The fourth-order valence-electron chi connectivity index (χ4n) is 1.26. The summed E-state index contributed by atoms with van der Waals surface area (Å²) in [6.07, 6.45) is 0. The highest BCUT2D eigenvalue weighted by Crippen LogP contribution is 2.15. The van der Waals surface area contributed by atoms with Crippen LogP contribution in [-0.2, 0) is 4.79 Å². The molecule has 0 aliphatic heterocycles. The zero-order valence-electron chi connectivity index (χ0n) is 9.69. The second-order valence-electron chi connectivity index (χ2n) is 3.60. The fraction of sp³-hybridized carbons (Fsp3) is 0.417. The molecule has 1 rings (SSSR count). The zero-order chi connectivity index (χ0) is 12.0. The number of nitrogens with one attached hydrogen (secondary N) is 1. The van der Waals surface area contributed by atoms with E-state index in [-0.39, 0.29) is 18.6 Å². The number of benzene rings is 1. The summed E-state index contributed by atoms with van der Waals surface area (Å²) in [5.74, 6) is 0.564. The minimum absolute atomic E-state index is 0.0115. The monoisotopic (exact) mass is 222 g/mol. The number of rotatable bonds is 5. The normalized spacial score (nSPS) is 11.9. The number of carbonyl (C=O) groups excluding carboxylic acids is 1. The molecule has 0 spiro atoms. The highest BCUT2D eigenvalue weighted by atomic mass is 16.5. The van der Waals surface area contributed by atoms with Crippen molar-refractivity contribution in [2.75, 3.05) is 13.2 Å². The van der Waals surface area contributed by atoms with E-state index in [4.69, 9.17) is 10.5 Å². The first-order valence-corrected chi connectivity index (χ1v) is 5.38. The number of likely N-dealkylation sites (N-methyl/N-ethyl adjacent to an activating group) is 1. The Balaban J connectivity index is 2.46. The van der Waals surface area contributed by atoms with Gasteiger partial charge >= 0.3 is 0 Å². The first-order valence-electron chi connectivity index (χ1n) is 5.38. The van der Waals surface area contributed by atoms with Crippen LogP contribution < -0.4 is 15.8 Å². The second kappa shape index (κ2) is 6.12. The van der Waals surface area contributed by atoms with E-state index in [1.54, 1.807) is 0 Å². The molecular formula is C12H18N2O2. The highest BCUT2D eigenvalue weighted by molar-refractivity contribution is 5.77. The summed E-state index contributed by atoms with van der Waals surface area (Å²) >= 11 is 0. The number of hydrogen-bond donors (Lipinski definition) is 2. The van der Waals surface area contributed by atoms with Crippen LogP contribution in [0.1, 0.15) is 25.5 Å². The van der Waals surface area contributed by atoms with Crippen LogP contribution in [0.5, 0.6) is 5.75 Å². The van der Waals surface area contributed by atoms with E-state index in [1.165, 1.54) is 0 Å². The van der Waals surface area contributed by atoms with Gasteiger partial charge in [-0.15, -0.1) is 0 Å². The van der Waals surface area contributed by atoms with Crippen LogP contribution >= 0.6 is 0 Å². The lowest BCUT2D eigenvalue weighted by Gasteiger charge is -2.08. The van der Waals surface area contributed by atoms with Crippen LogP contribution in [0, 0.1) is 0 Å². The summed E-state index contributed by atoms with van der Waals surface area (Å²) < 4.78 is 5.30. The molecule has 4 heteroatoms. The summed E-state index contributed by atoms with van der Waals surface area (Å²) in [6, 6.07) is 7.45. The third-order valence-electron chi connectivity index (χ3n) is 2.15. The van der Waals surface area contributed by atoms with E-state index < -0.39 is 0 Å². The first-order chi connectivity index (χ1) is 7.63. The van der Waals surface area contributed by atoms with Crippen molar-refractivity contribution in [1.82, 2.24) is 5.32 Å². The number of ether oxygens (including phenoxy) is 1. The lowest BCUT2D eigenvalue weighted by atomic mass is 10.1. The molecule has 88 valence electrons. The Morgan fingerprint density at radius 2 is 2.06 bits per heavy atom. The maximum atomic E-state index is 11.1. The van der Waals surface area contributed by atoms with E-state index >= 15 is 0 Å². The Labute approximate surface area is 95.8 Å². The molecule has 1 atom stereocenters. The van der Waals surface area contributed by atoms with Crippen LogP contribution in [0.25, 0.3) is 0 Å². The molecule has 0 aromatic heterocycles. The molecule has 1 aromatic carbocycles. The van der Waals surface area contributed by atoms with Crippen LogP contribution in [-0.4, -0.2) is 19.1 Å². The molecule has 4 nitrogen and oxygen atoms in total. The highest BCUT2D eigenvalue weighted by Gasteiger charge is 2.02. The van der Waals surface area contributed by atoms with Crippen molar-refractivity contribution in [3.8, 4) is 5.75 Å². The van der Waals surface area contributed by atoms with E-state index in [0.29, 0.717) is 12.3 Å². The van der Waals surface area contributed by atoms with Gasteiger partial charge in [0, 0.05) is 12.6 Å². The zero-order valence-corrected chi connectivity index (χ0v) is 9.69. The van der Waals surface area contributed by atoms with Crippen molar-refractivity contribution >= 4 is 5.91 Å². The fourth-order valence-corrected chi connectivity index (χ4v) is 1.26. The Hall–Kier alpha value is -1.55. The molecular weight excluding hydrogens is 204 g/mol. The third-order valence-corrected chi connectivity index (χ3v) is 2.15. The molecule has 0 saturated carbocycles. The molecule has 1 aromatic rings. The van der Waals surface area contributed by atoms with Gasteiger partial charge in [0.1, 0.15) is 5.75 Å². The maximum Gasteiger partial charge on any atom is 0.257 e. The average Bonchev–Trinajstić information content (AvgIpc) is 2.27.